The minimum absolute atomic E-state index is 0.0552. The average Bonchev–Trinajstić information content (AvgIpc) is 2.95. The predicted molar refractivity (Wildman–Crippen MR) is 178 cm³/mol. The van der Waals surface area contributed by atoms with Gasteiger partial charge < -0.3 is 9.53 Å². The fourth-order valence-electron chi connectivity index (χ4n) is 6.19. The molecule has 0 aromatic heterocycles. The molecule has 0 amide bonds. The Morgan fingerprint density at radius 3 is 1.35 bits per heavy atom. The molecule has 0 fully saturated rings. The van der Waals surface area contributed by atoms with Crippen LogP contribution >= 0.6 is 0 Å². The summed E-state index contributed by atoms with van der Waals surface area (Å²) in [6.45, 7) is 10.2. The van der Waals surface area contributed by atoms with Gasteiger partial charge in [0.2, 0.25) is 0 Å². The SMILES string of the molecule is CCCCCCCCCC(O)CCCCCCCCCCCO[Si](c1ccccc1)(c1ccccc1)C(C)(C)C. The molecule has 0 bridgehead atoms. The first-order valence-electron chi connectivity index (χ1n) is 16.8. The van der Waals surface area contributed by atoms with E-state index in [1.807, 2.05) is 0 Å². The van der Waals surface area contributed by atoms with E-state index in [9.17, 15) is 5.11 Å². The lowest BCUT2D eigenvalue weighted by atomic mass is 10.0. The van der Waals surface area contributed by atoms with Gasteiger partial charge in [-0.15, -0.1) is 0 Å². The molecule has 0 radical (unpaired) electrons. The van der Waals surface area contributed by atoms with Crippen molar-refractivity contribution >= 4 is 18.7 Å². The molecule has 0 aliphatic carbocycles. The summed E-state index contributed by atoms with van der Waals surface area (Å²) in [7, 11) is -2.39. The van der Waals surface area contributed by atoms with Crippen molar-refractivity contribution in [1.29, 1.82) is 0 Å². The van der Waals surface area contributed by atoms with E-state index in [1.165, 1.54) is 107 Å². The molecule has 3 heteroatoms. The molecular weight excluding hydrogens is 504 g/mol. The monoisotopic (exact) mass is 566 g/mol. The Bertz CT molecular complexity index is 806. The van der Waals surface area contributed by atoms with E-state index in [1.54, 1.807) is 0 Å². The summed E-state index contributed by atoms with van der Waals surface area (Å²) in [4.78, 5) is 0. The van der Waals surface area contributed by atoms with Crippen molar-refractivity contribution in [1.82, 2.24) is 0 Å². The third-order valence-electron chi connectivity index (χ3n) is 8.56. The van der Waals surface area contributed by atoms with E-state index in [0.29, 0.717) is 0 Å². The minimum Gasteiger partial charge on any atom is -0.407 e. The Hall–Kier alpha value is -1.42. The zero-order chi connectivity index (χ0) is 28.9. The number of aliphatic hydroxyl groups is 1. The fraction of sp³-hybridized carbons (Fsp3) is 0.676. The maximum atomic E-state index is 10.2. The molecule has 40 heavy (non-hydrogen) atoms. The van der Waals surface area contributed by atoms with E-state index in [2.05, 4.69) is 88.4 Å². The molecule has 226 valence electrons. The van der Waals surface area contributed by atoms with Crippen LogP contribution in [0.25, 0.3) is 0 Å². The molecule has 2 rings (SSSR count). The molecule has 1 unspecified atom stereocenters. The van der Waals surface area contributed by atoms with Crippen molar-refractivity contribution in [2.24, 2.45) is 0 Å². The molecule has 0 saturated heterocycles. The summed E-state index contributed by atoms with van der Waals surface area (Å²) in [6, 6.07) is 22.0. The zero-order valence-corrected chi connectivity index (χ0v) is 27.6. The van der Waals surface area contributed by atoms with Gasteiger partial charge in [0.15, 0.2) is 0 Å². The second kappa shape index (κ2) is 20.5. The molecule has 0 aliphatic rings. The second-order valence-electron chi connectivity index (χ2n) is 13.0. The molecule has 1 atom stereocenters. The van der Waals surface area contributed by atoms with Crippen LogP contribution in [0, 0.1) is 0 Å². The standard InChI is InChI=1S/C37H62O2Si/c1-5-6-7-8-12-15-20-27-34(38)28-21-16-13-10-9-11-14-17-26-33-39-40(37(2,3)4,35-29-22-18-23-30-35)36-31-24-19-25-32-36/h18-19,22-25,29-32,34,38H,5-17,20-21,26-28,33H2,1-4H3. The first kappa shape index (κ1) is 34.8. The van der Waals surface area contributed by atoms with Crippen LogP contribution < -0.4 is 10.4 Å². The van der Waals surface area contributed by atoms with Gasteiger partial charge in [-0.25, -0.2) is 0 Å². The number of benzene rings is 2. The van der Waals surface area contributed by atoms with E-state index in [4.69, 9.17) is 4.43 Å². The van der Waals surface area contributed by atoms with Crippen LogP contribution in [0.2, 0.25) is 5.04 Å². The first-order valence-corrected chi connectivity index (χ1v) is 18.8. The fourth-order valence-corrected chi connectivity index (χ4v) is 10.8. The van der Waals surface area contributed by atoms with Gasteiger partial charge in [-0.3, -0.25) is 0 Å². The van der Waals surface area contributed by atoms with Crippen LogP contribution in [-0.4, -0.2) is 26.1 Å². The quantitative estimate of drug-likeness (QED) is 0.107. The summed E-state index contributed by atoms with van der Waals surface area (Å²) in [5, 5.41) is 13.1. The highest BCUT2D eigenvalue weighted by atomic mass is 28.4. The van der Waals surface area contributed by atoms with E-state index in [-0.39, 0.29) is 11.1 Å². The van der Waals surface area contributed by atoms with Crippen molar-refractivity contribution < 1.29 is 9.53 Å². The highest BCUT2D eigenvalue weighted by molar-refractivity contribution is 6.99. The van der Waals surface area contributed by atoms with Gasteiger partial charge in [-0.2, -0.15) is 0 Å². The van der Waals surface area contributed by atoms with Crippen molar-refractivity contribution in [2.75, 3.05) is 6.61 Å². The van der Waals surface area contributed by atoms with Gasteiger partial charge >= 0.3 is 0 Å². The zero-order valence-electron chi connectivity index (χ0n) is 26.6. The number of rotatable bonds is 23. The van der Waals surface area contributed by atoms with Gasteiger partial charge in [-0.05, 0) is 34.7 Å². The van der Waals surface area contributed by atoms with Crippen molar-refractivity contribution in [2.45, 2.75) is 154 Å². The first-order chi connectivity index (χ1) is 19.4. The van der Waals surface area contributed by atoms with Gasteiger partial charge in [0.05, 0.1) is 6.10 Å². The summed E-state index contributed by atoms with van der Waals surface area (Å²) in [5.74, 6) is 0. The Kier molecular flexibility index (Phi) is 17.8. The van der Waals surface area contributed by atoms with Crippen LogP contribution in [0.1, 0.15) is 143 Å². The lowest BCUT2D eigenvalue weighted by Crippen LogP contribution is -2.66. The Labute approximate surface area is 249 Å². The van der Waals surface area contributed by atoms with Crippen LogP contribution in [-0.2, 0) is 4.43 Å². The molecular formula is C37H62O2Si. The normalized spacial score (nSPS) is 13.0. The smallest absolute Gasteiger partial charge is 0.261 e. The molecule has 0 spiro atoms. The molecule has 0 saturated carbocycles. The van der Waals surface area contributed by atoms with E-state index < -0.39 is 8.32 Å². The Morgan fingerprint density at radius 2 is 0.950 bits per heavy atom. The topological polar surface area (TPSA) is 29.5 Å². The van der Waals surface area contributed by atoms with Crippen LogP contribution in [0.4, 0.5) is 0 Å². The Balaban J connectivity index is 1.57. The van der Waals surface area contributed by atoms with Crippen LogP contribution in [0.15, 0.2) is 60.7 Å². The van der Waals surface area contributed by atoms with Crippen LogP contribution in [0.3, 0.4) is 0 Å². The van der Waals surface area contributed by atoms with Crippen LogP contribution in [0.5, 0.6) is 0 Å². The lowest BCUT2D eigenvalue weighted by Gasteiger charge is -2.43. The van der Waals surface area contributed by atoms with Crippen molar-refractivity contribution in [3.8, 4) is 0 Å². The highest BCUT2D eigenvalue weighted by Crippen LogP contribution is 2.36. The van der Waals surface area contributed by atoms with Gasteiger partial charge in [0.25, 0.3) is 8.32 Å². The van der Waals surface area contributed by atoms with Gasteiger partial charge in [0.1, 0.15) is 0 Å². The molecule has 2 nitrogen and oxygen atoms in total. The molecule has 0 aliphatic heterocycles. The van der Waals surface area contributed by atoms with Crippen molar-refractivity contribution in [3.05, 3.63) is 60.7 Å². The predicted octanol–water partition coefficient (Wildman–Crippen LogP) is 9.97. The highest BCUT2D eigenvalue weighted by Gasteiger charge is 2.49. The number of unbranched alkanes of at least 4 members (excludes halogenated alkanes) is 14. The lowest BCUT2D eigenvalue weighted by molar-refractivity contribution is 0.147. The second-order valence-corrected chi connectivity index (χ2v) is 17.4. The van der Waals surface area contributed by atoms with E-state index in [0.717, 1.165) is 25.9 Å². The Morgan fingerprint density at radius 1 is 0.575 bits per heavy atom. The summed E-state index contributed by atoms with van der Waals surface area (Å²) in [5.41, 5.74) is 0. The maximum absolute atomic E-state index is 10.2. The van der Waals surface area contributed by atoms with Gasteiger partial charge in [-0.1, -0.05) is 185 Å². The number of aliphatic hydroxyl groups excluding tert-OH is 1. The summed E-state index contributed by atoms with van der Waals surface area (Å²) >= 11 is 0. The number of hydrogen-bond donors (Lipinski definition) is 1. The molecule has 1 N–H and O–H groups in total. The molecule has 2 aromatic carbocycles. The largest absolute Gasteiger partial charge is 0.407 e. The number of hydrogen-bond acceptors (Lipinski definition) is 2. The average molecular weight is 567 g/mol. The summed E-state index contributed by atoms with van der Waals surface area (Å²) in [6.07, 6.45) is 22.8. The maximum Gasteiger partial charge on any atom is 0.261 e. The van der Waals surface area contributed by atoms with Gasteiger partial charge in [0, 0.05) is 6.61 Å². The third kappa shape index (κ3) is 12.6. The molecule has 0 heterocycles. The third-order valence-corrected chi connectivity index (χ3v) is 13.6. The molecule has 2 aromatic rings. The van der Waals surface area contributed by atoms with E-state index >= 15 is 0 Å². The van der Waals surface area contributed by atoms with Crippen molar-refractivity contribution in [3.63, 3.8) is 0 Å². The minimum atomic E-state index is -2.39. The summed E-state index contributed by atoms with van der Waals surface area (Å²) < 4.78 is 7.03.